The number of aryl methyl sites for hydroxylation is 1. The molecule has 1 aliphatic rings. The number of halogens is 1. The van der Waals surface area contributed by atoms with Crippen LogP contribution in [0.25, 0.3) is 0 Å². The van der Waals surface area contributed by atoms with Crippen molar-refractivity contribution < 1.29 is 19.1 Å². The van der Waals surface area contributed by atoms with Crippen LogP contribution in [0.3, 0.4) is 0 Å². The highest BCUT2D eigenvalue weighted by atomic mass is 19.1. The van der Waals surface area contributed by atoms with Crippen LogP contribution in [0.4, 0.5) is 10.1 Å². The number of anilines is 1. The third-order valence-electron chi connectivity index (χ3n) is 4.02. The molecule has 0 saturated heterocycles. The Balaban J connectivity index is 1.84. The summed E-state index contributed by atoms with van der Waals surface area (Å²) in [4.78, 5) is 23.6. The number of aliphatic hydroxyl groups is 1. The van der Waals surface area contributed by atoms with Crippen LogP contribution in [0.5, 0.6) is 0 Å². The molecule has 1 fully saturated rings. The molecule has 120 valence electrons. The number of amides is 2. The normalized spacial score (nSPS) is 21.2. The van der Waals surface area contributed by atoms with E-state index in [1.54, 1.807) is 6.92 Å². The maximum absolute atomic E-state index is 13.1. The quantitative estimate of drug-likeness (QED) is 0.744. The summed E-state index contributed by atoms with van der Waals surface area (Å²) in [5.74, 6) is -1.91. The van der Waals surface area contributed by atoms with Gasteiger partial charge in [-0.15, -0.1) is 0 Å². The summed E-state index contributed by atoms with van der Waals surface area (Å²) in [6.45, 7) is 1.87. The molecule has 5 nitrogen and oxygen atoms in total. The van der Waals surface area contributed by atoms with Gasteiger partial charge in [-0.2, -0.15) is 0 Å². The number of carbonyl (C=O) groups excluding carboxylic acids is 2. The molecule has 0 unspecified atom stereocenters. The second-order valence-corrected chi connectivity index (χ2v) is 5.74. The Bertz CT molecular complexity index is 562. The minimum absolute atomic E-state index is 0.00133. The van der Waals surface area contributed by atoms with Crippen LogP contribution < -0.4 is 10.6 Å². The second kappa shape index (κ2) is 7.35. The maximum atomic E-state index is 13.1. The van der Waals surface area contributed by atoms with Crippen LogP contribution in [0, 0.1) is 18.7 Å². The van der Waals surface area contributed by atoms with Gasteiger partial charge in [0.15, 0.2) is 0 Å². The molecule has 1 aliphatic carbocycles. The van der Waals surface area contributed by atoms with Gasteiger partial charge < -0.3 is 15.7 Å². The molecule has 2 atom stereocenters. The molecule has 1 saturated carbocycles. The average molecular weight is 308 g/mol. The molecule has 22 heavy (non-hydrogen) atoms. The van der Waals surface area contributed by atoms with Gasteiger partial charge in [-0.3, -0.25) is 9.59 Å². The molecule has 1 aromatic rings. The van der Waals surface area contributed by atoms with E-state index in [4.69, 9.17) is 0 Å². The molecule has 1 aromatic carbocycles. The summed E-state index contributed by atoms with van der Waals surface area (Å²) in [7, 11) is 0. The summed E-state index contributed by atoms with van der Waals surface area (Å²) in [5, 5.41) is 14.8. The minimum Gasteiger partial charge on any atom is -0.393 e. The number of aliphatic hydroxyl groups excluding tert-OH is 1. The molecular formula is C16H21FN2O3. The first-order valence-electron chi connectivity index (χ1n) is 7.51. The van der Waals surface area contributed by atoms with Crippen LogP contribution in [0.2, 0.25) is 0 Å². The lowest BCUT2D eigenvalue weighted by Gasteiger charge is -2.27. The van der Waals surface area contributed by atoms with Crippen LogP contribution in [-0.4, -0.2) is 29.6 Å². The zero-order valence-electron chi connectivity index (χ0n) is 12.6. The molecule has 6 heteroatoms. The van der Waals surface area contributed by atoms with E-state index in [0.29, 0.717) is 11.3 Å². The summed E-state index contributed by atoms with van der Waals surface area (Å²) < 4.78 is 13.1. The van der Waals surface area contributed by atoms with Gasteiger partial charge in [0, 0.05) is 18.2 Å². The summed E-state index contributed by atoms with van der Waals surface area (Å²) in [5.41, 5.74) is 0.764. The molecular weight excluding hydrogens is 287 g/mol. The average Bonchev–Trinajstić information content (AvgIpc) is 2.50. The number of rotatable bonds is 3. The molecule has 2 rings (SSSR count). The second-order valence-electron chi connectivity index (χ2n) is 5.74. The summed E-state index contributed by atoms with van der Waals surface area (Å²) in [6.07, 6.45) is 3.19. The van der Waals surface area contributed by atoms with Crippen LogP contribution >= 0.6 is 0 Å². The predicted molar refractivity (Wildman–Crippen MR) is 80.7 cm³/mol. The highest BCUT2D eigenvalue weighted by Crippen LogP contribution is 2.23. The third kappa shape index (κ3) is 4.27. The number of carbonyl (C=O) groups is 2. The highest BCUT2D eigenvalue weighted by molar-refractivity contribution is 6.39. The molecule has 0 aliphatic heterocycles. The van der Waals surface area contributed by atoms with Gasteiger partial charge in [0.25, 0.3) is 0 Å². The van der Waals surface area contributed by atoms with E-state index in [1.807, 2.05) is 0 Å². The summed E-state index contributed by atoms with van der Waals surface area (Å²) in [6, 6.07) is 4.10. The molecule has 2 amide bonds. The molecule has 0 radical (unpaired) electrons. The monoisotopic (exact) mass is 308 g/mol. The predicted octanol–water partition coefficient (Wildman–Crippen LogP) is 1.74. The van der Waals surface area contributed by atoms with Gasteiger partial charge in [-0.05, 0) is 43.5 Å². The first-order valence-corrected chi connectivity index (χ1v) is 7.51. The highest BCUT2D eigenvalue weighted by Gasteiger charge is 2.24. The van der Waals surface area contributed by atoms with Crippen LogP contribution in [0.1, 0.15) is 31.2 Å². The Hall–Kier alpha value is -1.95. The fraction of sp³-hybridized carbons (Fsp3) is 0.500. The molecule has 0 bridgehead atoms. The first-order chi connectivity index (χ1) is 10.5. The van der Waals surface area contributed by atoms with E-state index in [0.717, 1.165) is 25.7 Å². The van der Waals surface area contributed by atoms with Crippen molar-refractivity contribution in [3.05, 3.63) is 29.6 Å². The lowest BCUT2D eigenvalue weighted by molar-refractivity contribution is -0.136. The van der Waals surface area contributed by atoms with E-state index < -0.39 is 17.9 Å². The van der Waals surface area contributed by atoms with Gasteiger partial charge in [-0.25, -0.2) is 4.39 Å². The van der Waals surface area contributed by atoms with Crippen LogP contribution in [-0.2, 0) is 9.59 Å². The van der Waals surface area contributed by atoms with Crippen molar-refractivity contribution >= 4 is 17.5 Å². The third-order valence-corrected chi connectivity index (χ3v) is 4.02. The fourth-order valence-electron chi connectivity index (χ4n) is 2.64. The molecule has 0 aromatic heterocycles. The Morgan fingerprint density at radius 1 is 1.27 bits per heavy atom. The zero-order valence-corrected chi connectivity index (χ0v) is 12.6. The minimum atomic E-state index is -0.795. The van der Waals surface area contributed by atoms with Gasteiger partial charge in [0.2, 0.25) is 0 Å². The molecule has 3 N–H and O–H groups in total. The van der Waals surface area contributed by atoms with Crippen molar-refractivity contribution in [1.82, 2.24) is 5.32 Å². The Kier molecular flexibility index (Phi) is 5.49. The SMILES string of the molecule is Cc1cc(NC(=O)C(=O)NC[C@@H]2CCCC[C@H]2O)ccc1F. The van der Waals surface area contributed by atoms with Gasteiger partial charge in [0.05, 0.1) is 6.10 Å². The van der Waals surface area contributed by atoms with Gasteiger partial charge in [0.1, 0.15) is 5.82 Å². The largest absolute Gasteiger partial charge is 0.393 e. The van der Waals surface area contributed by atoms with Crippen molar-refractivity contribution in [3.63, 3.8) is 0 Å². The van der Waals surface area contributed by atoms with Crippen molar-refractivity contribution in [2.24, 2.45) is 5.92 Å². The number of benzene rings is 1. The smallest absolute Gasteiger partial charge is 0.313 e. The first kappa shape index (κ1) is 16.4. The number of nitrogens with one attached hydrogen (secondary N) is 2. The standard InChI is InChI=1S/C16H21FN2O3/c1-10-8-12(6-7-13(10)17)19-16(22)15(21)18-9-11-4-2-3-5-14(11)20/h6-8,11,14,20H,2-5,9H2,1H3,(H,18,21)(H,19,22)/t11-,14+/m0/s1. The van der Waals surface area contributed by atoms with Crippen molar-refractivity contribution in [3.8, 4) is 0 Å². The van der Waals surface area contributed by atoms with E-state index in [1.165, 1.54) is 18.2 Å². The van der Waals surface area contributed by atoms with Crippen LogP contribution in [0.15, 0.2) is 18.2 Å². The van der Waals surface area contributed by atoms with E-state index >= 15 is 0 Å². The number of hydrogen-bond donors (Lipinski definition) is 3. The van der Waals surface area contributed by atoms with E-state index in [2.05, 4.69) is 10.6 Å². The Labute approximate surface area is 128 Å². The van der Waals surface area contributed by atoms with E-state index in [-0.39, 0.29) is 18.3 Å². The van der Waals surface area contributed by atoms with E-state index in [9.17, 15) is 19.1 Å². The van der Waals surface area contributed by atoms with Gasteiger partial charge >= 0.3 is 11.8 Å². The van der Waals surface area contributed by atoms with Crippen molar-refractivity contribution in [2.45, 2.75) is 38.7 Å². The lowest BCUT2D eigenvalue weighted by atomic mass is 9.86. The molecule has 0 heterocycles. The maximum Gasteiger partial charge on any atom is 0.313 e. The number of hydrogen-bond acceptors (Lipinski definition) is 3. The Morgan fingerprint density at radius 3 is 2.68 bits per heavy atom. The fourth-order valence-corrected chi connectivity index (χ4v) is 2.64. The van der Waals surface area contributed by atoms with Gasteiger partial charge in [-0.1, -0.05) is 12.8 Å². The zero-order chi connectivity index (χ0) is 16.1. The van der Waals surface area contributed by atoms with Crippen molar-refractivity contribution in [2.75, 3.05) is 11.9 Å². The summed E-state index contributed by atoms with van der Waals surface area (Å²) >= 11 is 0. The molecule has 0 spiro atoms. The Morgan fingerprint density at radius 2 is 2.00 bits per heavy atom. The lowest BCUT2D eigenvalue weighted by Crippen LogP contribution is -2.41. The topological polar surface area (TPSA) is 78.4 Å². The van der Waals surface area contributed by atoms with Crippen molar-refractivity contribution in [1.29, 1.82) is 0 Å².